The van der Waals surface area contributed by atoms with Gasteiger partial charge in [0.2, 0.25) is 0 Å². The molecule has 1 saturated heterocycles. The minimum Gasteiger partial charge on any atom is -0.452 e. The van der Waals surface area contributed by atoms with Gasteiger partial charge in [0.05, 0.1) is 18.6 Å². The van der Waals surface area contributed by atoms with E-state index in [2.05, 4.69) is 11.1 Å². The Balaban J connectivity index is 1.66. The minimum atomic E-state index is -0.803. The van der Waals surface area contributed by atoms with Crippen LogP contribution in [0.25, 0.3) is 10.9 Å². The van der Waals surface area contributed by atoms with Crippen LogP contribution >= 0.6 is 0 Å². The summed E-state index contributed by atoms with van der Waals surface area (Å²) in [6.45, 7) is 10.5. The van der Waals surface area contributed by atoms with E-state index in [-0.39, 0.29) is 24.5 Å². The zero-order valence-corrected chi connectivity index (χ0v) is 16.7. The Morgan fingerprint density at radius 2 is 1.93 bits per heavy atom. The van der Waals surface area contributed by atoms with E-state index in [9.17, 15) is 9.59 Å². The van der Waals surface area contributed by atoms with Crippen molar-refractivity contribution in [2.45, 2.75) is 59.4 Å². The van der Waals surface area contributed by atoms with Crippen molar-refractivity contribution in [1.82, 2.24) is 9.88 Å². The highest BCUT2D eigenvalue weighted by Crippen LogP contribution is 2.24. The zero-order valence-electron chi connectivity index (χ0n) is 16.7. The second kappa shape index (κ2) is 7.72. The molecule has 6 nitrogen and oxygen atoms in total. The van der Waals surface area contributed by atoms with E-state index in [1.165, 1.54) is 0 Å². The van der Waals surface area contributed by atoms with Gasteiger partial charge in [-0.2, -0.15) is 0 Å². The number of ether oxygens (including phenoxy) is 2. The normalized spacial score (nSPS) is 21.3. The first-order valence-corrected chi connectivity index (χ1v) is 9.46. The van der Waals surface area contributed by atoms with Crippen LogP contribution in [0, 0.1) is 13.8 Å². The summed E-state index contributed by atoms with van der Waals surface area (Å²) in [5.41, 5.74) is 4.01. The number of rotatable bonds is 4. The van der Waals surface area contributed by atoms with Crippen molar-refractivity contribution < 1.29 is 19.1 Å². The number of aromatic amines is 1. The summed E-state index contributed by atoms with van der Waals surface area (Å²) in [4.78, 5) is 30.1. The maximum absolute atomic E-state index is 12.6. The van der Waals surface area contributed by atoms with Crippen LogP contribution < -0.4 is 0 Å². The molecular weight excluding hydrogens is 344 g/mol. The fourth-order valence-corrected chi connectivity index (χ4v) is 3.77. The van der Waals surface area contributed by atoms with Gasteiger partial charge in [-0.05, 0) is 52.3 Å². The number of morpholine rings is 1. The van der Waals surface area contributed by atoms with E-state index < -0.39 is 12.1 Å². The molecule has 0 radical (unpaired) electrons. The smallest absolute Gasteiger partial charge is 0.311 e. The molecule has 2 heterocycles. The van der Waals surface area contributed by atoms with Crippen molar-refractivity contribution >= 4 is 22.8 Å². The van der Waals surface area contributed by atoms with Crippen LogP contribution in [-0.2, 0) is 25.5 Å². The highest BCUT2D eigenvalue weighted by Gasteiger charge is 2.30. The van der Waals surface area contributed by atoms with Crippen LogP contribution in [0.1, 0.15) is 37.6 Å². The number of nitrogens with one attached hydrogen (secondary N) is 1. The molecule has 1 aliphatic heterocycles. The Hall–Kier alpha value is -2.34. The number of hydrogen-bond acceptors (Lipinski definition) is 4. The molecule has 6 heteroatoms. The SMILES string of the molecule is Cc1ccc2[nH]c(C)c(CC(=O)O[C@H](C)C(=O)N3C[C@@H](C)O[C@@H](C)C3)c2c1. The van der Waals surface area contributed by atoms with Gasteiger partial charge in [-0.25, -0.2) is 0 Å². The van der Waals surface area contributed by atoms with Gasteiger partial charge in [0.1, 0.15) is 0 Å². The van der Waals surface area contributed by atoms with E-state index in [1.54, 1.807) is 11.8 Å². The van der Waals surface area contributed by atoms with Gasteiger partial charge >= 0.3 is 5.97 Å². The lowest BCUT2D eigenvalue weighted by molar-refractivity contribution is -0.164. The number of carbonyl (C=O) groups excluding carboxylic acids is 2. The molecule has 0 unspecified atom stereocenters. The number of carbonyl (C=O) groups is 2. The van der Waals surface area contributed by atoms with Crippen LogP contribution in [0.5, 0.6) is 0 Å². The third-order valence-corrected chi connectivity index (χ3v) is 4.98. The quantitative estimate of drug-likeness (QED) is 0.838. The molecule has 1 N–H and O–H groups in total. The zero-order chi connectivity index (χ0) is 19.7. The predicted molar refractivity (Wildman–Crippen MR) is 104 cm³/mol. The molecule has 27 heavy (non-hydrogen) atoms. The Labute approximate surface area is 159 Å². The second-order valence-electron chi connectivity index (χ2n) is 7.59. The van der Waals surface area contributed by atoms with Gasteiger partial charge in [-0.3, -0.25) is 9.59 Å². The molecule has 3 atom stereocenters. The molecule has 146 valence electrons. The maximum atomic E-state index is 12.6. The van der Waals surface area contributed by atoms with Crippen molar-refractivity contribution in [3.8, 4) is 0 Å². The summed E-state index contributed by atoms with van der Waals surface area (Å²) in [5.74, 6) is -0.562. The fraction of sp³-hybridized carbons (Fsp3) is 0.524. The van der Waals surface area contributed by atoms with Crippen LogP contribution in [0.4, 0.5) is 0 Å². The summed E-state index contributed by atoms with van der Waals surface area (Å²) in [6.07, 6.45) is -0.694. The average Bonchev–Trinajstić information content (AvgIpc) is 2.88. The average molecular weight is 372 g/mol. The number of benzene rings is 1. The molecule has 0 saturated carbocycles. The van der Waals surface area contributed by atoms with Gasteiger partial charge in [-0.1, -0.05) is 11.6 Å². The summed E-state index contributed by atoms with van der Waals surface area (Å²) in [6, 6.07) is 6.11. The predicted octanol–water partition coefficient (Wildman–Crippen LogP) is 2.89. The molecule has 3 rings (SSSR count). The van der Waals surface area contributed by atoms with Gasteiger partial charge in [0.25, 0.3) is 5.91 Å². The van der Waals surface area contributed by atoms with E-state index in [1.807, 2.05) is 39.8 Å². The van der Waals surface area contributed by atoms with E-state index in [0.717, 1.165) is 27.7 Å². The monoisotopic (exact) mass is 372 g/mol. The van der Waals surface area contributed by atoms with Crippen LogP contribution in [0.2, 0.25) is 0 Å². The summed E-state index contributed by atoms with van der Waals surface area (Å²) in [7, 11) is 0. The molecular formula is C21H28N2O4. The molecule has 0 bridgehead atoms. The number of hydrogen-bond donors (Lipinski definition) is 1. The van der Waals surface area contributed by atoms with Gasteiger partial charge < -0.3 is 19.4 Å². The Bertz CT molecular complexity index is 847. The third kappa shape index (κ3) is 4.33. The van der Waals surface area contributed by atoms with Crippen LogP contribution in [0.15, 0.2) is 18.2 Å². The fourth-order valence-electron chi connectivity index (χ4n) is 3.77. The lowest BCUT2D eigenvalue weighted by Crippen LogP contribution is -2.51. The molecule has 1 aliphatic rings. The molecule has 1 aromatic carbocycles. The first-order chi connectivity index (χ1) is 12.7. The van der Waals surface area contributed by atoms with E-state index in [0.29, 0.717) is 13.1 Å². The molecule has 1 amide bonds. The van der Waals surface area contributed by atoms with Gasteiger partial charge in [-0.15, -0.1) is 0 Å². The second-order valence-corrected chi connectivity index (χ2v) is 7.59. The Kier molecular flexibility index (Phi) is 5.56. The molecule has 0 aliphatic carbocycles. The number of fused-ring (bicyclic) bond motifs is 1. The lowest BCUT2D eigenvalue weighted by atomic mass is 10.1. The van der Waals surface area contributed by atoms with Crippen LogP contribution in [0.3, 0.4) is 0 Å². The summed E-state index contributed by atoms with van der Waals surface area (Å²) >= 11 is 0. The summed E-state index contributed by atoms with van der Waals surface area (Å²) < 4.78 is 11.1. The van der Waals surface area contributed by atoms with Crippen molar-refractivity contribution in [3.63, 3.8) is 0 Å². The summed E-state index contributed by atoms with van der Waals surface area (Å²) in [5, 5.41) is 1.03. The van der Waals surface area contributed by atoms with Crippen LogP contribution in [-0.4, -0.2) is 53.2 Å². The maximum Gasteiger partial charge on any atom is 0.311 e. The highest BCUT2D eigenvalue weighted by atomic mass is 16.5. The molecule has 1 aromatic heterocycles. The van der Waals surface area contributed by atoms with E-state index in [4.69, 9.17) is 9.47 Å². The first-order valence-electron chi connectivity index (χ1n) is 9.46. The highest BCUT2D eigenvalue weighted by molar-refractivity contribution is 5.90. The van der Waals surface area contributed by atoms with E-state index >= 15 is 0 Å². The lowest BCUT2D eigenvalue weighted by Gasteiger charge is -2.36. The van der Waals surface area contributed by atoms with Gasteiger partial charge in [0.15, 0.2) is 6.10 Å². The first kappa shape index (κ1) is 19.4. The number of H-pyrrole nitrogens is 1. The van der Waals surface area contributed by atoms with Crippen molar-refractivity contribution in [2.24, 2.45) is 0 Å². The molecule has 1 fully saturated rings. The molecule has 2 aromatic rings. The van der Waals surface area contributed by atoms with Crippen molar-refractivity contribution in [3.05, 3.63) is 35.0 Å². The number of aromatic nitrogens is 1. The number of nitrogens with zero attached hydrogens (tertiary/aromatic N) is 1. The molecule has 0 spiro atoms. The largest absolute Gasteiger partial charge is 0.452 e. The number of esters is 1. The number of amides is 1. The number of aryl methyl sites for hydroxylation is 2. The van der Waals surface area contributed by atoms with Crippen molar-refractivity contribution in [1.29, 1.82) is 0 Å². The Morgan fingerprint density at radius 3 is 2.59 bits per heavy atom. The topological polar surface area (TPSA) is 71.6 Å². The Morgan fingerprint density at radius 1 is 1.26 bits per heavy atom. The minimum absolute atomic E-state index is 0.0160. The van der Waals surface area contributed by atoms with Crippen molar-refractivity contribution in [2.75, 3.05) is 13.1 Å². The van der Waals surface area contributed by atoms with Gasteiger partial charge in [0, 0.05) is 29.7 Å². The third-order valence-electron chi connectivity index (χ3n) is 4.98. The standard InChI is InChI=1S/C21H28N2O4/c1-12-6-7-19-18(8-12)17(15(4)22-19)9-20(24)27-16(5)21(25)23-10-13(2)26-14(3)11-23/h6-8,13-14,16,22H,9-11H2,1-5H3/t13-,14+,16-/m1/s1.